The quantitative estimate of drug-likeness (QED) is 0.727. The number of nitrogens with zero attached hydrogens (tertiary/aromatic N) is 1. The average Bonchev–Trinajstić information content (AvgIpc) is 2.41. The Bertz CT molecular complexity index is 437. The molecule has 1 amide bonds. The molecule has 0 heterocycles. The maximum absolute atomic E-state index is 10.7. The van der Waals surface area contributed by atoms with Crippen molar-refractivity contribution in [2.45, 2.75) is 19.9 Å². The lowest BCUT2D eigenvalue weighted by Gasteiger charge is -2.14. The van der Waals surface area contributed by atoms with Crippen molar-refractivity contribution in [3.05, 3.63) is 29.8 Å². The number of ether oxygens (including phenoxy) is 1. The maximum Gasteiger partial charge on any atom is 0.216 e. The lowest BCUT2D eigenvalue weighted by Crippen LogP contribution is -2.31. The fourth-order valence-corrected chi connectivity index (χ4v) is 1.61. The van der Waals surface area contributed by atoms with Gasteiger partial charge in [0.05, 0.1) is 0 Å². The van der Waals surface area contributed by atoms with Crippen molar-refractivity contribution in [1.82, 2.24) is 10.6 Å². The molecule has 102 valence electrons. The van der Waals surface area contributed by atoms with Crippen LogP contribution in [0.1, 0.15) is 25.5 Å². The van der Waals surface area contributed by atoms with Crippen molar-refractivity contribution in [3.8, 4) is 11.8 Å². The van der Waals surface area contributed by atoms with E-state index in [1.165, 1.54) is 6.92 Å². The van der Waals surface area contributed by atoms with Gasteiger partial charge in [0.25, 0.3) is 0 Å². The van der Waals surface area contributed by atoms with Gasteiger partial charge in [-0.05, 0) is 24.6 Å². The minimum Gasteiger partial charge on any atom is -0.479 e. The largest absolute Gasteiger partial charge is 0.479 e. The van der Waals surface area contributed by atoms with Crippen LogP contribution in [-0.2, 0) is 4.79 Å². The number of nitrogens with one attached hydrogen (secondary N) is 2. The molecular formula is C14H19N3O2. The number of amides is 1. The molecule has 0 saturated heterocycles. The van der Waals surface area contributed by atoms with Crippen LogP contribution < -0.4 is 15.4 Å². The standard InChI is InChI=1S/C14H19N3O2/c1-11(16-8-9-17-12(2)18)13-3-5-14(6-4-13)19-10-7-15/h3-6,11,16H,8-10H2,1-2H3,(H,17,18). The number of hydrogen-bond acceptors (Lipinski definition) is 4. The number of nitriles is 1. The molecule has 1 aromatic carbocycles. The first-order chi connectivity index (χ1) is 9.13. The van der Waals surface area contributed by atoms with E-state index in [9.17, 15) is 4.79 Å². The van der Waals surface area contributed by atoms with Crippen molar-refractivity contribution < 1.29 is 9.53 Å². The number of carbonyl (C=O) groups is 1. The molecule has 0 aliphatic heterocycles. The molecule has 0 aliphatic rings. The van der Waals surface area contributed by atoms with Gasteiger partial charge in [-0.1, -0.05) is 12.1 Å². The minimum absolute atomic E-state index is 0.0200. The van der Waals surface area contributed by atoms with E-state index in [1.807, 2.05) is 30.3 Å². The molecule has 5 nitrogen and oxygen atoms in total. The number of rotatable bonds is 7. The fourth-order valence-electron chi connectivity index (χ4n) is 1.61. The molecular weight excluding hydrogens is 242 g/mol. The van der Waals surface area contributed by atoms with Crippen LogP contribution >= 0.6 is 0 Å². The SMILES string of the molecule is CC(=O)NCCNC(C)c1ccc(OCC#N)cc1. The Morgan fingerprint density at radius 1 is 1.37 bits per heavy atom. The van der Waals surface area contributed by atoms with E-state index in [0.29, 0.717) is 18.8 Å². The number of benzene rings is 1. The molecule has 1 unspecified atom stereocenters. The molecule has 0 aromatic heterocycles. The molecule has 1 rings (SSSR count). The average molecular weight is 261 g/mol. The van der Waals surface area contributed by atoms with Crippen LogP contribution in [0.4, 0.5) is 0 Å². The third-order valence-corrected chi connectivity index (χ3v) is 2.63. The van der Waals surface area contributed by atoms with Gasteiger partial charge in [-0.3, -0.25) is 4.79 Å². The minimum atomic E-state index is -0.0200. The highest BCUT2D eigenvalue weighted by atomic mass is 16.5. The van der Waals surface area contributed by atoms with Crippen molar-refractivity contribution in [2.24, 2.45) is 0 Å². The van der Waals surface area contributed by atoms with Gasteiger partial charge in [0, 0.05) is 26.1 Å². The number of hydrogen-bond donors (Lipinski definition) is 2. The summed E-state index contributed by atoms with van der Waals surface area (Å²) < 4.78 is 5.19. The molecule has 5 heteroatoms. The van der Waals surface area contributed by atoms with Gasteiger partial charge in [-0.15, -0.1) is 0 Å². The van der Waals surface area contributed by atoms with E-state index in [-0.39, 0.29) is 18.6 Å². The second-order valence-corrected chi connectivity index (χ2v) is 4.17. The summed E-state index contributed by atoms with van der Waals surface area (Å²) in [6, 6.07) is 9.74. The lowest BCUT2D eigenvalue weighted by molar-refractivity contribution is -0.118. The molecule has 19 heavy (non-hydrogen) atoms. The smallest absolute Gasteiger partial charge is 0.216 e. The van der Waals surface area contributed by atoms with Crippen molar-refractivity contribution >= 4 is 5.91 Å². The summed E-state index contributed by atoms with van der Waals surface area (Å²) in [6.45, 7) is 4.95. The van der Waals surface area contributed by atoms with E-state index in [1.54, 1.807) is 0 Å². The highest BCUT2D eigenvalue weighted by Crippen LogP contribution is 2.17. The molecule has 0 aliphatic carbocycles. The van der Waals surface area contributed by atoms with E-state index in [2.05, 4.69) is 17.6 Å². The van der Waals surface area contributed by atoms with E-state index in [0.717, 1.165) is 5.56 Å². The van der Waals surface area contributed by atoms with Gasteiger partial charge in [0.2, 0.25) is 5.91 Å². The topological polar surface area (TPSA) is 74.2 Å². The lowest BCUT2D eigenvalue weighted by atomic mass is 10.1. The Kier molecular flexibility index (Phi) is 6.41. The van der Waals surface area contributed by atoms with Crippen LogP contribution in [0.25, 0.3) is 0 Å². The highest BCUT2D eigenvalue weighted by Gasteiger charge is 2.04. The zero-order valence-electron chi connectivity index (χ0n) is 11.3. The van der Waals surface area contributed by atoms with Crippen LogP contribution in [0.15, 0.2) is 24.3 Å². The summed E-state index contributed by atoms with van der Waals surface area (Å²) in [5.74, 6) is 0.671. The zero-order valence-corrected chi connectivity index (χ0v) is 11.3. The monoisotopic (exact) mass is 261 g/mol. The summed E-state index contributed by atoms with van der Waals surface area (Å²) in [4.78, 5) is 10.7. The number of carbonyl (C=O) groups excluding carboxylic acids is 1. The fraction of sp³-hybridized carbons (Fsp3) is 0.429. The molecule has 0 fully saturated rings. The molecule has 0 radical (unpaired) electrons. The van der Waals surface area contributed by atoms with Crippen LogP contribution in [0.5, 0.6) is 5.75 Å². The van der Waals surface area contributed by atoms with Gasteiger partial charge in [-0.2, -0.15) is 5.26 Å². The van der Waals surface area contributed by atoms with Gasteiger partial charge in [0.15, 0.2) is 6.61 Å². The summed E-state index contributed by atoms with van der Waals surface area (Å²) in [6.07, 6.45) is 0. The van der Waals surface area contributed by atoms with E-state index >= 15 is 0 Å². The predicted octanol–water partition coefficient (Wildman–Crippen LogP) is 1.38. The molecule has 1 aromatic rings. The second kappa shape index (κ2) is 8.11. The summed E-state index contributed by atoms with van der Waals surface area (Å²) in [7, 11) is 0. The van der Waals surface area contributed by atoms with E-state index in [4.69, 9.17) is 10.00 Å². The third kappa shape index (κ3) is 5.89. The molecule has 0 saturated carbocycles. The first kappa shape index (κ1) is 15.0. The summed E-state index contributed by atoms with van der Waals surface area (Å²) >= 11 is 0. The Balaban J connectivity index is 2.38. The Morgan fingerprint density at radius 2 is 2.05 bits per heavy atom. The van der Waals surface area contributed by atoms with Gasteiger partial charge >= 0.3 is 0 Å². The first-order valence-electron chi connectivity index (χ1n) is 6.21. The first-order valence-corrected chi connectivity index (χ1v) is 6.21. The summed E-state index contributed by atoms with van der Waals surface area (Å²) in [5, 5.41) is 14.5. The Morgan fingerprint density at radius 3 is 2.63 bits per heavy atom. The highest BCUT2D eigenvalue weighted by molar-refractivity contribution is 5.72. The Hall–Kier alpha value is -2.06. The van der Waals surface area contributed by atoms with Crippen molar-refractivity contribution in [1.29, 1.82) is 5.26 Å². The normalized spacial score (nSPS) is 11.4. The molecule has 0 bridgehead atoms. The maximum atomic E-state index is 10.7. The molecule has 0 spiro atoms. The Labute approximate surface area is 113 Å². The third-order valence-electron chi connectivity index (χ3n) is 2.63. The van der Waals surface area contributed by atoms with Crippen LogP contribution in [-0.4, -0.2) is 25.6 Å². The van der Waals surface area contributed by atoms with E-state index < -0.39 is 0 Å². The van der Waals surface area contributed by atoms with Crippen LogP contribution in [0, 0.1) is 11.3 Å². The molecule has 2 N–H and O–H groups in total. The van der Waals surface area contributed by atoms with Crippen molar-refractivity contribution in [2.75, 3.05) is 19.7 Å². The van der Waals surface area contributed by atoms with Crippen LogP contribution in [0.2, 0.25) is 0 Å². The van der Waals surface area contributed by atoms with Crippen LogP contribution in [0.3, 0.4) is 0 Å². The molecule has 1 atom stereocenters. The zero-order chi connectivity index (χ0) is 14.1. The second-order valence-electron chi connectivity index (χ2n) is 4.17. The van der Waals surface area contributed by atoms with Crippen molar-refractivity contribution in [3.63, 3.8) is 0 Å². The van der Waals surface area contributed by atoms with Gasteiger partial charge < -0.3 is 15.4 Å². The predicted molar refractivity (Wildman–Crippen MR) is 72.7 cm³/mol. The van der Waals surface area contributed by atoms with Gasteiger partial charge in [-0.25, -0.2) is 0 Å². The van der Waals surface area contributed by atoms with Gasteiger partial charge in [0.1, 0.15) is 11.8 Å². The summed E-state index contributed by atoms with van der Waals surface area (Å²) in [5.41, 5.74) is 1.13.